The van der Waals surface area contributed by atoms with Gasteiger partial charge >= 0.3 is 5.97 Å². The van der Waals surface area contributed by atoms with Gasteiger partial charge in [0.2, 0.25) is 0 Å². The molecule has 0 atom stereocenters. The molecule has 2 N–H and O–H groups in total. The minimum atomic E-state index is -0.181. The van der Waals surface area contributed by atoms with Gasteiger partial charge in [0.1, 0.15) is 0 Å². The summed E-state index contributed by atoms with van der Waals surface area (Å²) in [7, 11) is 0. The van der Waals surface area contributed by atoms with E-state index in [1.807, 2.05) is 18.2 Å². The highest BCUT2D eigenvalue weighted by Gasteiger charge is 2.23. The van der Waals surface area contributed by atoms with E-state index in [1.54, 1.807) is 6.07 Å². The van der Waals surface area contributed by atoms with Gasteiger partial charge in [0.25, 0.3) is 0 Å². The zero-order valence-corrected chi connectivity index (χ0v) is 8.61. The van der Waals surface area contributed by atoms with Gasteiger partial charge in [-0.15, -0.1) is 0 Å². The molecule has 0 amide bonds. The lowest BCUT2D eigenvalue weighted by atomic mass is 10.1. The fourth-order valence-electron chi connectivity index (χ4n) is 1.40. The first kappa shape index (κ1) is 10.0. The molecule has 1 aromatic carbocycles. The van der Waals surface area contributed by atoms with E-state index in [1.165, 1.54) is 12.8 Å². The Bertz CT molecular complexity index is 358. The zero-order chi connectivity index (χ0) is 10.7. The van der Waals surface area contributed by atoms with E-state index in [4.69, 9.17) is 10.5 Å². The maximum absolute atomic E-state index is 11.4. The predicted molar refractivity (Wildman–Crippen MR) is 58.2 cm³/mol. The molecule has 0 unspecified atom stereocenters. The topological polar surface area (TPSA) is 52.3 Å². The van der Waals surface area contributed by atoms with Crippen molar-refractivity contribution < 1.29 is 9.53 Å². The summed E-state index contributed by atoms with van der Waals surface area (Å²) in [5, 5.41) is 0. The van der Waals surface area contributed by atoms with Crippen LogP contribution in [0.5, 0.6) is 0 Å². The number of anilines is 1. The lowest BCUT2D eigenvalue weighted by molar-refractivity contribution is -0.143. The second-order valence-electron chi connectivity index (χ2n) is 4.00. The van der Waals surface area contributed by atoms with Crippen LogP contribution in [0.1, 0.15) is 18.4 Å². The van der Waals surface area contributed by atoms with Crippen molar-refractivity contribution >= 4 is 11.7 Å². The molecule has 2 rings (SSSR count). The molecule has 3 nitrogen and oxygen atoms in total. The molecular weight excluding hydrogens is 190 g/mol. The SMILES string of the molecule is Nc1ccccc1CC(=O)OCC1CC1. The lowest BCUT2D eigenvalue weighted by Gasteiger charge is -2.05. The van der Waals surface area contributed by atoms with E-state index in [0.717, 1.165) is 5.56 Å². The van der Waals surface area contributed by atoms with Gasteiger partial charge in [-0.3, -0.25) is 4.79 Å². The fourth-order valence-corrected chi connectivity index (χ4v) is 1.40. The van der Waals surface area contributed by atoms with Crippen LogP contribution in [0.25, 0.3) is 0 Å². The van der Waals surface area contributed by atoms with E-state index in [2.05, 4.69) is 0 Å². The van der Waals surface area contributed by atoms with Crippen molar-refractivity contribution in [2.24, 2.45) is 5.92 Å². The summed E-state index contributed by atoms with van der Waals surface area (Å²) in [6.07, 6.45) is 2.67. The summed E-state index contributed by atoms with van der Waals surface area (Å²) in [6.45, 7) is 0.575. The van der Waals surface area contributed by atoms with Gasteiger partial charge in [0.15, 0.2) is 0 Å². The highest BCUT2D eigenvalue weighted by Crippen LogP contribution is 2.28. The van der Waals surface area contributed by atoms with E-state index >= 15 is 0 Å². The number of hydrogen-bond donors (Lipinski definition) is 1. The fraction of sp³-hybridized carbons (Fsp3) is 0.417. The number of hydrogen-bond acceptors (Lipinski definition) is 3. The number of ether oxygens (including phenoxy) is 1. The molecule has 3 heteroatoms. The van der Waals surface area contributed by atoms with Crippen molar-refractivity contribution in [2.75, 3.05) is 12.3 Å². The Balaban J connectivity index is 1.84. The number of carbonyl (C=O) groups is 1. The Kier molecular flexibility index (Phi) is 2.90. The summed E-state index contributed by atoms with van der Waals surface area (Å²) in [5.41, 5.74) is 7.23. The van der Waals surface area contributed by atoms with E-state index in [9.17, 15) is 4.79 Å². The number of nitrogen functional groups attached to an aromatic ring is 1. The van der Waals surface area contributed by atoms with Crippen LogP contribution >= 0.6 is 0 Å². The Morgan fingerprint density at radius 1 is 1.40 bits per heavy atom. The first-order valence-electron chi connectivity index (χ1n) is 5.24. The number of benzene rings is 1. The number of rotatable bonds is 4. The van der Waals surface area contributed by atoms with Gasteiger partial charge in [-0.05, 0) is 30.4 Å². The van der Waals surface area contributed by atoms with Gasteiger partial charge in [-0.2, -0.15) is 0 Å². The summed E-state index contributed by atoms with van der Waals surface area (Å²) in [5.74, 6) is 0.432. The highest BCUT2D eigenvalue weighted by molar-refractivity contribution is 5.74. The summed E-state index contributed by atoms with van der Waals surface area (Å²) < 4.78 is 5.13. The first-order valence-corrected chi connectivity index (χ1v) is 5.24. The van der Waals surface area contributed by atoms with Gasteiger partial charge in [0, 0.05) is 5.69 Å². The van der Waals surface area contributed by atoms with Crippen LogP contribution < -0.4 is 5.73 Å². The molecule has 0 saturated heterocycles. The van der Waals surface area contributed by atoms with Crippen molar-refractivity contribution in [3.8, 4) is 0 Å². The van der Waals surface area contributed by atoms with Crippen LogP contribution in [0.2, 0.25) is 0 Å². The van der Waals surface area contributed by atoms with Crippen molar-refractivity contribution in [3.05, 3.63) is 29.8 Å². The number of nitrogens with two attached hydrogens (primary N) is 1. The molecule has 1 aromatic rings. The standard InChI is InChI=1S/C12H15NO2/c13-11-4-2-1-3-10(11)7-12(14)15-8-9-5-6-9/h1-4,9H,5-8,13H2. The normalized spacial score (nSPS) is 14.9. The van der Waals surface area contributed by atoms with Gasteiger partial charge in [-0.25, -0.2) is 0 Å². The second kappa shape index (κ2) is 4.34. The van der Waals surface area contributed by atoms with Crippen molar-refractivity contribution in [2.45, 2.75) is 19.3 Å². The molecule has 1 saturated carbocycles. The van der Waals surface area contributed by atoms with Crippen LogP contribution in [0.15, 0.2) is 24.3 Å². The molecule has 0 radical (unpaired) electrons. The molecule has 0 bridgehead atoms. The molecule has 0 heterocycles. The summed E-state index contributed by atoms with van der Waals surface area (Å²) in [6, 6.07) is 7.38. The number of esters is 1. The van der Waals surface area contributed by atoms with Crippen LogP contribution in [-0.2, 0) is 16.0 Å². The van der Waals surface area contributed by atoms with E-state index < -0.39 is 0 Å². The quantitative estimate of drug-likeness (QED) is 0.602. The summed E-state index contributed by atoms with van der Waals surface area (Å²) in [4.78, 5) is 11.4. The van der Waals surface area contributed by atoms with Crippen molar-refractivity contribution in [3.63, 3.8) is 0 Å². The van der Waals surface area contributed by atoms with E-state index in [0.29, 0.717) is 18.2 Å². The second-order valence-corrected chi connectivity index (χ2v) is 4.00. The third-order valence-corrected chi connectivity index (χ3v) is 2.57. The zero-order valence-electron chi connectivity index (χ0n) is 8.61. The highest BCUT2D eigenvalue weighted by atomic mass is 16.5. The molecule has 80 valence electrons. The molecule has 1 aliphatic carbocycles. The average Bonchev–Trinajstić information content (AvgIpc) is 3.02. The largest absolute Gasteiger partial charge is 0.465 e. The third kappa shape index (κ3) is 2.98. The summed E-state index contributed by atoms with van der Waals surface area (Å²) >= 11 is 0. The molecular formula is C12H15NO2. The van der Waals surface area contributed by atoms with Gasteiger partial charge < -0.3 is 10.5 Å². The minimum Gasteiger partial charge on any atom is -0.465 e. The van der Waals surface area contributed by atoms with Crippen molar-refractivity contribution in [1.82, 2.24) is 0 Å². The molecule has 0 spiro atoms. The average molecular weight is 205 g/mol. The van der Waals surface area contributed by atoms with Gasteiger partial charge in [-0.1, -0.05) is 18.2 Å². The number of carbonyl (C=O) groups excluding carboxylic acids is 1. The van der Waals surface area contributed by atoms with Crippen LogP contribution in [0.4, 0.5) is 5.69 Å². The number of para-hydroxylation sites is 1. The minimum absolute atomic E-state index is 0.181. The smallest absolute Gasteiger partial charge is 0.310 e. The monoisotopic (exact) mass is 205 g/mol. The molecule has 1 fully saturated rings. The van der Waals surface area contributed by atoms with Crippen LogP contribution in [0.3, 0.4) is 0 Å². The maximum atomic E-state index is 11.4. The van der Waals surface area contributed by atoms with Crippen molar-refractivity contribution in [1.29, 1.82) is 0 Å². The molecule has 1 aliphatic rings. The molecule has 15 heavy (non-hydrogen) atoms. The van der Waals surface area contributed by atoms with Crippen LogP contribution in [0, 0.1) is 5.92 Å². The Morgan fingerprint density at radius 2 is 2.13 bits per heavy atom. The maximum Gasteiger partial charge on any atom is 0.310 e. The Hall–Kier alpha value is -1.51. The van der Waals surface area contributed by atoms with Gasteiger partial charge in [0.05, 0.1) is 13.0 Å². The Morgan fingerprint density at radius 3 is 2.80 bits per heavy atom. The molecule has 0 aromatic heterocycles. The lowest BCUT2D eigenvalue weighted by Crippen LogP contribution is -2.11. The Labute approximate surface area is 89.2 Å². The molecule has 0 aliphatic heterocycles. The first-order chi connectivity index (χ1) is 7.25. The van der Waals surface area contributed by atoms with Crippen LogP contribution in [-0.4, -0.2) is 12.6 Å². The van der Waals surface area contributed by atoms with E-state index in [-0.39, 0.29) is 12.4 Å². The third-order valence-electron chi connectivity index (χ3n) is 2.57. The predicted octanol–water partition coefficient (Wildman–Crippen LogP) is 1.76.